The largest absolute Gasteiger partial charge is 0.470 e. The molecule has 1 aliphatic carbocycles. The highest BCUT2D eigenvalue weighted by atomic mass is 32.2. The van der Waals surface area contributed by atoms with Crippen LogP contribution in [0.2, 0.25) is 0 Å². The zero-order valence-electron chi connectivity index (χ0n) is 12.1. The Labute approximate surface area is 119 Å². The molecule has 1 saturated carbocycles. The van der Waals surface area contributed by atoms with Gasteiger partial charge < -0.3 is 15.8 Å². The van der Waals surface area contributed by atoms with E-state index in [1.54, 1.807) is 0 Å². The van der Waals surface area contributed by atoms with Crippen molar-refractivity contribution in [3.8, 4) is 5.88 Å². The number of rotatable bonds is 5. The molecular weight excluding hydrogens is 258 g/mol. The molecule has 4 nitrogen and oxygen atoms in total. The lowest BCUT2D eigenvalue weighted by atomic mass is 10.2. The van der Waals surface area contributed by atoms with Crippen molar-refractivity contribution in [1.82, 2.24) is 4.98 Å². The normalized spacial score (nSPS) is 17.1. The van der Waals surface area contributed by atoms with Crippen LogP contribution in [0.5, 0.6) is 5.88 Å². The molecule has 1 heterocycles. The molecule has 1 aromatic rings. The summed E-state index contributed by atoms with van der Waals surface area (Å²) in [4.78, 5) is 4.46. The van der Waals surface area contributed by atoms with Gasteiger partial charge in [0.1, 0.15) is 11.4 Å². The SMILES string of the molecule is CSC1(CNc2ccc(N)c(OC(C)(C)C)n2)CC1. The Morgan fingerprint density at radius 3 is 2.63 bits per heavy atom. The number of pyridine rings is 1. The molecule has 5 heteroatoms. The molecule has 0 aliphatic heterocycles. The lowest BCUT2D eigenvalue weighted by molar-refractivity contribution is 0.125. The summed E-state index contributed by atoms with van der Waals surface area (Å²) in [6.45, 7) is 6.91. The minimum atomic E-state index is -0.295. The van der Waals surface area contributed by atoms with E-state index >= 15 is 0 Å². The third kappa shape index (κ3) is 3.93. The summed E-state index contributed by atoms with van der Waals surface area (Å²) >= 11 is 1.93. The molecule has 1 fully saturated rings. The highest BCUT2D eigenvalue weighted by Gasteiger charge is 2.41. The highest BCUT2D eigenvalue weighted by Crippen LogP contribution is 2.47. The van der Waals surface area contributed by atoms with Crippen LogP contribution in [0, 0.1) is 0 Å². The van der Waals surface area contributed by atoms with Crippen molar-refractivity contribution in [1.29, 1.82) is 0 Å². The monoisotopic (exact) mass is 281 g/mol. The van der Waals surface area contributed by atoms with Crippen LogP contribution >= 0.6 is 11.8 Å². The molecule has 1 aliphatic rings. The first-order chi connectivity index (χ1) is 8.84. The predicted molar refractivity (Wildman–Crippen MR) is 83.0 cm³/mol. The summed E-state index contributed by atoms with van der Waals surface area (Å²) in [5, 5.41) is 3.38. The molecule has 3 N–H and O–H groups in total. The zero-order valence-corrected chi connectivity index (χ0v) is 12.9. The molecule has 19 heavy (non-hydrogen) atoms. The maximum atomic E-state index is 5.90. The Hall–Kier alpha value is -1.10. The summed E-state index contributed by atoms with van der Waals surface area (Å²) in [6, 6.07) is 3.75. The topological polar surface area (TPSA) is 60.2 Å². The van der Waals surface area contributed by atoms with Gasteiger partial charge in [-0.25, -0.2) is 0 Å². The van der Waals surface area contributed by atoms with Gasteiger partial charge in [-0.2, -0.15) is 16.7 Å². The van der Waals surface area contributed by atoms with Gasteiger partial charge in [-0.3, -0.25) is 0 Å². The minimum absolute atomic E-state index is 0.295. The Balaban J connectivity index is 2.03. The molecule has 0 aromatic carbocycles. The van der Waals surface area contributed by atoms with Crippen molar-refractivity contribution in [3.05, 3.63) is 12.1 Å². The number of aromatic nitrogens is 1. The minimum Gasteiger partial charge on any atom is -0.470 e. The number of thioether (sulfide) groups is 1. The fraction of sp³-hybridized carbons (Fsp3) is 0.643. The molecule has 0 amide bonds. The lowest BCUT2D eigenvalue weighted by Crippen LogP contribution is -2.24. The summed E-state index contributed by atoms with van der Waals surface area (Å²) in [7, 11) is 0. The van der Waals surface area contributed by atoms with E-state index in [0.29, 0.717) is 16.3 Å². The van der Waals surface area contributed by atoms with E-state index in [4.69, 9.17) is 10.5 Å². The molecule has 0 unspecified atom stereocenters. The average Bonchev–Trinajstić information content (AvgIpc) is 3.09. The van der Waals surface area contributed by atoms with E-state index in [1.165, 1.54) is 12.8 Å². The fourth-order valence-electron chi connectivity index (χ4n) is 1.77. The highest BCUT2D eigenvalue weighted by molar-refractivity contribution is 8.00. The van der Waals surface area contributed by atoms with Crippen LogP contribution in [-0.2, 0) is 0 Å². The number of nitrogen functional groups attached to an aromatic ring is 1. The number of hydrogen-bond donors (Lipinski definition) is 2. The van der Waals surface area contributed by atoms with Crippen LogP contribution in [0.15, 0.2) is 12.1 Å². The van der Waals surface area contributed by atoms with Gasteiger partial charge >= 0.3 is 0 Å². The molecule has 0 bridgehead atoms. The van der Waals surface area contributed by atoms with Crippen LogP contribution in [0.3, 0.4) is 0 Å². The summed E-state index contributed by atoms with van der Waals surface area (Å²) in [5.41, 5.74) is 6.18. The first-order valence-electron chi connectivity index (χ1n) is 6.58. The van der Waals surface area contributed by atoms with E-state index in [0.717, 1.165) is 12.4 Å². The van der Waals surface area contributed by atoms with Crippen molar-refractivity contribution in [3.63, 3.8) is 0 Å². The average molecular weight is 281 g/mol. The van der Waals surface area contributed by atoms with Crippen molar-refractivity contribution in [2.75, 3.05) is 23.9 Å². The number of nitrogens with two attached hydrogens (primary N) is 1. The van der Waals surface area contributed by atoms with Gasteiger partial charge in [0.2, 0.25) is 5.88 Å². The van der Waals surface area contributed by atoms with Gasteiger partial charge in [0.05, 0.1) is 5.69 Å². The smallest absolute Gasteiger partial charge is 0.239 e. The van der Waals surface area contributed by atoms with Crippen LogP contribution in [0.4, 0.5) is 11.5 Å². The Kier molecular flexibility index (Phi) is 3.85. The van der Waals surface area contributed by atoms with E-state index in [-0.39, 0.29) is 5.60 Å². The van der Waals surface area contributed by atoms with Crippen LogP contribution < -0.4 is 15.8 Å². The molecule has 0 spiro atoms. The first-order valence-corrected chi connectivity index (χ1v) is 7.81. The van der Waals surface area contributed by atoms with Crippen LogP contribution in [-0.4, -0.2) is 28.1 Å². The van der Waals surface area contributed by atoms with Gasteiger partial charge in [-0.05, 0) is 52.0 Å². The molecule has 0 saturated heterocycles. The van der Waals surface area contributed by atoms with E-state index in [9.17, 15) is 0 Å². The molecule has 2 rings (SSSR count). The summed E-state index contributed by atoms with van der Waals surface area (Å²) < 4.78 is 6.18. The van der Waals surface area contributed by atoms with Crippen molar-refractivity contribution in [2.24, 2.45) is 0 Å². The Bertz CT molecular complexity index is 452. The molecule has 0 radical (unpaired) electrons. The Morgan fingerprint density at radius 1 is 1.42 bits per heavy atom. The number of nitrogens with one attached hydrogen (secondary N) is 1. The quantitative estimate of drug-likeness (QED) is 0.868. The summed E-state index contributed by atoms with van der Waals surface area (Å²) in [5.74, 6) is 1.33. The number of hydrogen-bond acceptors (Lipinski definition) is 5. The first kappa shape index (κ1) is 14.3. The van der Waals surface area contributed by atoms with Crippen LogP contribution in [0.1, 0.15) is 33.6 Å². The third-order valence-corrected chi connectivity index (χ3v) is 4.54. The maximum absolute atomic E-state index is 5.90. The summed E-state index contributed by atoms with van der Waals surface area (Å²) in [6.07, 6.45) is 4.72. The molecule has 1 aromatic heterocycles. The molecular formula is C14H23N3OS. The Morgan fingerprint density at radius 2 is 2.11 bits per heavy atom. The fourth-order valence-corrected chi connectivity index (χ4v) is 2.49. The van der Waals surface area contributed by atoms with Gasteiger partial charge in [-0.15, -0.1) is 0 Å². The number of nitrogens with zero attached hydrogens (tertiary/aromatic N) is 1. The van der Waals surface area contributed by atoms with Gasteiger partial charge in [0, 0.05) is 11.3 Å². The predicted octanol–water partition coefficient (Wildman–Crippen LogP) is 3.15. The second-order valence-electron chi connectivity index (χ2n) is 6.05. The molecule has 106 valence electrons. The lowest BCUT2D eigenvalue weighted by Gasteiger charge is -2.22. The van der Waals surface area contributed by atoms with E-state index < -0.39 is 0 Å². The third-order valence-electron chi connectivity index (χ3n) is 3.12. The van der Waals surface area contributed by atoms with Gasteiger partial charge in [0.15, 0.2) is 0 Å². The van der Waals surface area contributed by atoms with Crippen molar-refractivity contribution in [2.45, 2.75) is 44.0 Å². The van der Waals surface area contributed by atoms with Crippen molar-refractivity contribution < 1.29 is 4.74 Å². The molecule has 0 atom stereocenters. The zero-order chi connectivity index (χ0) is 14.1. The van der Waals surface area contributed by atoms with Gasteiger partial charge in [-0.1, -0.05) is 0 Å². The van der Waals surface area contributed by atoms with E-state index in [2.05, 4.69) is 16.6 Å². The maximum Gasteiger partial charge on any atom is 0.239 e. The van der Waals surface area contributed by atoms with Crippen molar-refractivity contribution >= 4 is 23.3 Å². The second kappa shape index (κ2) is 5.12. The van der Waals surface area contributed by atoms with Crippen LogP contribution in [0.25, 0.3) is 0 Å². The number of ether oxygens (including phenoxy) is 1. The standard InChI is InChI=1S/C14H23N3OS/c1-13(2,3)18-12-10(15)5-6-11(17-12)16-9-14(19-4)7-8-14/h5-6H,7-9,15H2,1-4H3,(H,16,17). The van der Waals surface area contributed by atoms with E-state index in [1.807, 2.05) is 44.7 Å². The van der Waals surface area contributed by atoms with Gasteiger partial charge in [0.25, 0.3) is 0 Å². The number of anilines is 2. The second-order valence-corrected chi connectivity index (χ2v) is 7.32.